The molecule has 1 aliphatic rings. The second-order valence-corrected chi connectivity index (χ2v) is 7.06. The molecular weight excluding hydrogens is 336 g/mol. The zero-order valence-electron chi connectivity index (χ0n) is 12.9. The van der Waals surface area contributed by atoms with Crippen molar-refractivity contribution in [1.29, 1.82) is 0 Å². The van der Waals surface area contributed by atoms with E-state index < -0.39 is 14.9 Å². The van der Waals surface area contributed by atoms with Gasteiger partial charge in [0.1, 0.15) is 0 Å². The topological polar surface area (TPSA) is 113 Å². The molecular formula is C14H18N4O5S. The number of nitrogens with one attached hydrogen (secondary N) is 1. The quantitative estimate of drug-likeness (QED) is 0.477. The Kier molecular flexibility index (Phi) is 5.52. The lowest BCUT2D eigenvalue weighted by Crippen LogP contribution is -2.53. The molecule has 10 heteroatoms. The van der Waals surface area contributed by atoms with Crippen LogP contribution < -0.4 is 5.32 Å². The van der Waals surface area contributed by atoms with Crippen molar-refractivity contribution >= 4 is 21.7 Å². The standard InChI is InChI=1S/C14H18N4O5S/c1-2-6-15-14(19)16-7-9-17(10-8-16)24(22,23)13-5-3-4-12(11-13)18(20)21/h2-5,11H,1,6-10H2,(H,15,19). The minimum atomic E-state index is -3.83. The van der Waals surface area contributed by atoms with Crippen LogP contribution in [0.5, 0.6) is 0 Å². The van der Waals surface area contributed by atoms with Crippen molar-refractivity contribution in [1.82, 2.24) is 14.5 Å². The van der Waals surface area contributed by atoms with Gasteiger partial charge in [-0.25, -0.2) is 13.2 Å². The molecule has 1 aromatic rings. The van der Waals surface area contributed by atoms with E-state index in [2.05, 4.69) is 11.9 Å². The van der Waals surface area contributed by atoms with E-state index in [1.165, 1.54) is 27.4 Å². The molecule has 1 aliphatic heterocycles. The highest BCUT2D eigenvalue weighted by Gasteiger charge is 2.30. The maximum absolute atomic E-state index is 12.6. The minimum Gasteiger partial charge on any atom is -0.335 e. The normalized spacial score (nSPS) is 15.8. The molecule has 0 aliphatic carbocycles. The van der Waals surface area contributed by atoms with Gasteiger partial charge in [0.25, 0.3) is 5.69 Å². The molecule has 1 aromatic carbocycles. The fraction of sp³-hybridized carbons (Fsp3) is 0.357. The third kappa shape index (κ3) is 3.89. The van der Waals surface area contributed by atoms with E-state index >= 15 is 0 Å². The van der Waals surface area contributed by atoms with Gasteiger partial charge >= 0.3 is 6.03 Å². The first kappa shape index (κ1) is 17.9. The van der Waals surface area contributed by atoms with Crippen LogP contribution in [0.1, 0.15) is 0 Å². The first-order valence-corrected chi connectivity index (χ1v) is 8.68. The van der Waals surface area contributed by atoms with Gasteiger partial charge in [-0.2, -0.15) is 4.31 Å². The van der Waals surface area contributed by atoms with E-state index in [1.54, 1.807) is 6.08 Å². The van der Waals surface area contributed by atoms with Gasteiger partial charge in [0, 0.05) is 44.9 Å². The Morgan fingerprint density at radius 3 is 2.58 bits per heavy atom. The molecule has 0 bridgehead atoms. The summed E-state index contributed by atoms with van der Waals surface area (Å²) < 4.78 is 26.4. The smallest absolute Gasteiger partial charge is 0.317 e. The average Bonchev–Trinajstić information content (AvgIpc) is 2.59. The Morgan fingerprint density at radius 2 is 2.00 bits per heavy atom. The predicted molar refractivity (Wildman–Crippen MR) is 87.0 cm³/mol. The average molecular weight is 354 g/mol. The summed E-state index contributed by atoms with van der Waals surface area (Å²) in [6.45, 7) is 4.60. The summed E-state index contributed by atoms with van der Waals surface area (Å²) in [5.41, 5.74) is -0.279. The lowest BCUT2D eigenvalue weighted by atomic mass is 10.3. The summed E-state index contributed by atoms with van der Waals surface area (Å²) in [4.78, 5) is 23.4. The van der Waals surface area contributed by atoms with Gasteiger partial charge in [-0.05, 0) is 6.07 Å². The Hall–Kier alpha value is -2.46. The molecule has 1 fully saturated rings. The fourth-order valence-electron chi connectivity index (χ4n) is 2.31. The molecule has 0 atom stereocenters. The Morgan fingerprint density at radius 1 is 1.33 bits per heavy atom. The van der Waals surface area contributed by atoms with Crippen LogP contribution in [0.25, 0.3) is 0 Å². The van der Waals surface area contributed by atoms with Gasteiger partial charge in [0.15, 0.2) is 0 Å². The van der Waals surface area contributed by atoms with Gasteiger partial charge in [-0.15, -0.1) is 6.58 Å². The van der Waals surface area contributed by atoms with Crippen LogP contribution in [0.3, 0.4) is 0 Å². The molecule has 1 saturated heterocycles. The molecule has 0 aromatic heterocycles. The molecule has 0 spiro atoms. The summed E-state index contributed by atoms with van der Waals surface area (Å²) in [5, 5.41) is 13.4. The zero-order valence-corrected chi connectivity index (χ0v) is 13.7. The molecule has 1 N–H and O–H groups in total. The van der Waals surface area contributed by atoms with Crippen molar-refractivity contribution in [3.8, 4) is 0 Å². The SMILES string of the molecule is C=CCNC(=O)N1CCN(S(=O)(=O)c2cccc([N+](=O)[O-])c2)CC1. The third-order valence-corrected chi connectivity index (χ3v) is 5.48. The molecule has 0 saturated carbocycles. The first-order chi connectivity index (χ1) is 11.4. The van der Waals surface area contributed by atoms with E-state index in [0.29, 0.717) is 6.54 Å². The van der Waals surface area contributed by atoms with Crippen molar-refractivity contribution < 1.29 is 18.1 Å². The highest BCUT2D eigenvalue weighted by atomic mass is 32.2. The second kappa shape index (κ2) is 7.41. The summed E-state index contributed by atoms with van der Waals surface area (Å²) in [6.07, 6.45) is 1.56. The van der Waals surface area contributed by atoms with Crippen LogP contribution in [0.2, 0.25) is 0 Å². The largest absolute Gasteiger partial charge is 0.335 e. The number of non-ortho nitro benzene ring substituents is 1. The van der Waals surface area contributed by atoms with Crippen LogP contribution in [-0.2, 0) is 10.0 Å². The number of urea groups is 1. The summed E-state index contributed by atoms with van der Waals surface area (Å²) >= 11 is 0. The molecule has 1 heterocycles. The van der Waals surface area contributed by atoms with Crippen LogP contribution in [0.4, 0.5) is 10.5 Å². The van der Waals surface area contributed by atoms with Gasteiger partial charge in [-0.3, -0.25) is 10.1 Å². The Balaban J connectivity index is 2.07. The predicted octanol–water partition coefficient (Wildman–Crippen LogP) is 0.797. The van der Waals surface area contributed by atoms with Crippen LogP contribution in [0.15, 0.2) is 41.8 Å². The van der Waals surface area contributed by atoms with Gasteiger partial charge in [0.2, 0.25) is 10.0 Å². The molecule has 130 valence electrons. The molecule has 2 rings (SSSR count). The fourth-order valence-corrected chi connectivity index (χ4v) is 3.77. The number of hydrogen-bond donors (Lipinski definition) is 1. The monoisotopic (exact) mass is 354 g/mol. The molecule has 2 amide bonds. The van der Waals surface area contributed by atoms with E-state index in [4.69, 9.17) is 0 Å². The molecule has 0 radical (unpaired) electrons. The number of nitro groups is 1. The number of carbonyl (C=O) groups is 1. The zero-order chi connectivity index (χ0) is 17.7. The van der Waals surface area contributed by atoms with E-state index in [9.17, 15) is 23.3 Å². The molecule has 0 unspecified atom stereocenters. The van der Waals surface area contributed by atoms with E-state index in [-0.39, 0.29) is 42.8 Å². The summed E-state index contributed by atoms with van der Waals surface area (Å²) in [7, 11) is -3.83. The van der Waals surface area contributed by atoms with Crippen molar-refractivity contribution in [2.24, 2.45) is 0 Å². The van der Waals surface area contributed by atoms with Crippen molar-refractivity contribution in [2.45, 2.75) is 4.90 Å². The number of carbonyl (C=O) groups excluding carboxylic acids is 1. The molecule has 9 nitrogen and oxygen atoms in total. The second-order valence-electron chi connectivity index (χ2n) is 5.12. The first-order valence-electron chi connectivity index (χ1n) is 7.24. The lowest BCUT2D eigenvalue weighted by molar-refractivity contribution is -0.385. The number of nitrogens with zero attached hydrogens (tertiary/aromatic N) is 3. The van der Waals surface area contributed by atoms with Gasteiger partial charge < -0.3 is 10.2 Å². The third-order valence-electron chi connectivity index (χ3n) is 3.59. The number of nitro benzene ring substituents is 1. The van der Waals surface area contributed by atoms with Crippen molar-refractivity contribution in [2.75, 3.05) is 32.7 Å². The van der Waals surface area contributed by atoms with Crippen molar-refractivity contribution in [3.05, 3.63) is 47.0 Å². The maximum atomic E-state index is 12.6. The van der Waals surface area contributed by atoms with Gasteiger partial charge in [0.05, 0.1) is 9.82 Å². The van der Waals surface area contributed by atoms with E-state index in [0.717, 1.165) is 6.07 Å². The number of sulfonamides is 1. The van der Waals surface area contributed by atoms with Crippen LogP contribution in [-0.4, -0.2) is 61.3 Å². The summed E-state index contributed by atoms with van der Waals surface area (Å²) in [5.74, 6) is 0. The van der Waals surface area contributed by atoms with Gasteiger partial charge in [-0.1, -0.05) is 12.1 Å². The number of rotatable bonds is 5. The highest BCUT2D eigenvalue weighted by molar-refractivity contribution is 7.89. The van der Waals surface area contributed by atoms with E-state index in [1.807, 2.05) is 0 Å². The Labute approximate surface area is 139 Å². The summed E-state index contributed by atoms with van der Waals surface area (Å²) in [6, 6.07) is 4.66. The van der Waals surface area contributed by atoms with Crippen LogP contribution >= 0.6 is 0 Å². The minimum absolute atomic E-state index is 0.124. The van der Waals surface area contributed by atoms with Crippen LogP contribution in [0, 0.1) is 10.1 Å². The highest BCUT2D eigenvalue weighted by Crippen LogP contribution is 2.22. The van der Waals surface area contributed by atoms with Crippen molar-refractivity contribution in [3.63, 3.8) is 0 Å². The maximum Gasteiger partial charge on any atom is 0.317 e. The Bertz CT molecular complexity index is 741. The molecule has 24 heavy (non-hydrogen) atoms. The lowest BCUT2D eigenvalue weighted by Gasteiger charge is -2.33. The number of hydrogen-bond acceptors (Lipinski definition) is 5. The number of benzene rings is 1. The number of piperazine rings is 1. The number of amides is 2.